The van der Waals surface area contributed by atoms with Crippen molar-refractivity contribution in [1.29, 1.82) is 0 Å². The van der Waals surface area contributed by atoms with E-state index < -0.39 is 0 Å². The van der Waals surface area contributed by atoms with Crippen molar-refractivity contribution in [2.24, 2.45) is 0 Å². The number of aromatic nitrogens is 2. The first-order valence-electron chi connectivity index (χ1n) is 7.14. The van der Waals surface area contributed by atoms with Gasteiger partial charge in [-0.2, -0.15) is 5.10 Å². The van der Waals surface area contributed by atoms with Gasteiger partial charge >= 0.3 is 0 Å². The first kappa shape index (κ1) is 14.1. The largest absolute Gasteiger partial charge is 0.311 e. The second kappa shape index (κ2) is 5.85. The Balaban J connectivity index is 2.14. The van der Waals surface area contributed by atoms with Crippen molar-refractivity contribution in [3.05, 3.63) is 66.2 Å². The maximum absolute atomic E-state index is 11.5. The number of carbonyl (C=O) groups excluding carboxylic acids is 1. The van der Waals surface area contributed by atoms with E-state index in [2.05, 4.69) is 10.4 Å². The Morgan fingerprint density at radius 2 is 1.73 bits per heavy atom. The van der Waals surface area contributed by atoms with Crippen molar-refractivity contribution in [2.75, 3.05) is 5.32 Å². The minimum Gasteiger partial charge on any atom is -0.311 e. The van der Waals surface area contributed by atoms with Gasteiger partial charge in [0.05, 0.1) is 11.4 Å². The molecule has 0 fully saturated rings. The number of nitrogens with one attached hydrogen (secondary N) is 1. The fourth-order valence-electron chi connectivity index (χ4n) is 2.39. The third-order valence-electron chi connectivity index (χ3n) is 3.43. The van der Waals surface area contributed by atoms with Crippen molar-refractivity contribution in [3.63, 3.8) is 0 Å². The van der Waals surface area contributed by atoms with E-state index in [4.69, 9.17) is 0 Å². The van der Waals surface area contributed by atoms with Crippen LogP contribution in [0.5, 0.6) is 0 Å². The van der Waals surface area contributed by atoms with Gasteiger partial charge in [0.15, 0.2) is 0 Å². The van der Waals surface area contributed by atoms with Crippen LogP contribution in [0.15, 0.2) is 60.7 Å². The summed E-state index contributed by atoms with van der Waals surface area (Å²) >= 11 is 0. The molecule has 0 bridgehead atoms. The summed E-state index contributed by atoms with van der Waals surface area (Å²) in [6, 6.07) is 19.8. The average Bonchev–Trinajstić information content (AvgIpc) is 2.91. The van der Waals surface area contributed by atoms with Crippen molar-refractivity contribution < 1.29 is 4.79 Å². The summed E-state index contributed by atoms with van der Waals surface area (Å²) in [7, 11) is 0. The quantitative estimate of drug-likeness (QED) is 0.797. The monoisotopic (exact) mass is 291 g/mol. The Hall–Kier alpha value is -2.88. The number of aryl methyl sites for hydroxylation is 1. The maximum Gasteiger partial charge on any atom is 0.222 e. The molecule has 1 heterocycles. The molecule has 0 spiro atoms. The van der Waals surface area contributed by atoms with Gasteiger partial charge in [0.25, 0.3) is 0 Å². The topological polar surface area (TPSA) is 46.9 Å². The minimum atomic E-state index is -0.116. The second-order valence-corrected chi connectivity index (χ2v) is 5.16. The first-order valence-corrected chi connectivity index (χ1v) is 7.14. The summed E-state index contributed by atoms with van der Waals surface area (Å²) in [5.74, 6) is 0.551. The van der Waals surface area contributed by atoms with Crippen LogP contribution in [0.4, 0.5) is 5.82 Å². The third-order valence-corrected chi connectivity index (χ3v) is 3.43. The van der Waals surface area contributed by atoms with Gasteiger partial charge in [-0.1, -0.05) is 48.5 Å². The molecule has 0 aliphatic heterocycles. The zero-order valence-corrected chi connectivity index (χ0v) is 12.6. The Morgan fingerprint density at radius 3 is 2.41 bits per heavy atom. The number of anilines is 1. The van der Waals surface area contributed by atoms with Crippen LogP contribution in [0.1, 0.15) is 12.5 Å². The summed E-state index contributed by atoms with van der Waals surface area (Å²) in [5, 5.41) is 7.52. The standard InChI is InChI=1S/C18H17N3O/c1-13-8-6-7-11-17(13)21-18(19-14(2)22)12-16(20-21)15-9-4-3-5-10-15/h3-12H,1-2H3,(H,19,22). The summed E-state index contributed by atoms with van der Waals surface area (Å²) in [5.41, 5.74) is 3.89. The van der Waals surface area contributed by atoms with Crippen LogP contribution in [-0.4, -0.2) is 15.7 Å². The normalized spacial score (nSPS) is 10.5. The third kappa shape index (κ3) is 2.76. The highest BCUT2D eigenvalue weighted by Gasteiger charge is 2.13. The van der Waals surface area contributed by atoms with E-state index in [9.17, 15) is 4.79 Å². The smallest absolute Gasteiger partial charge is 0.222 e. The van der Waals surface area contributed by atoms with E-state index in [-0.39, 0.29) is 5.91 Å². The molecule has 3 aromatic rings. The van der Waals surface area contributed by atoms with Gasteiger partial charge in [-0.05, 0) is 18.6 Å². The zero-order chi connectivity index (χ0) is 15.5. The molecule has 0 aliphatic carbocycles. The number of para-hydroxylation sites is 1. The molecule has 0 saturated heterocycles. The molecule has 4 heteroatoms. The highest BCUT2D eigenvalue weighted by molar-refractivity contribution is 5.89. The van der Waals surface area contributed by atoms with Crippen LogP contribution in [0.25, 0.3) is 16.9 Å². The van der Waals surface area contributed by atoms with Crippen molar-refractivity contribution in [2.45, 2.75) is 13.8 Å². The molecule has 4 nitrogen and oxygen atoms in total. The predicted octanol–water partition coefficient (Wildman–Crippen LogP) is 3.81. The van der Waals surface area contributed by atoms with Gasteiger partial charge in [-0.25, -0.2) is 4.68 Å². The zero-order valence-electron chi connectivity index (χ0n) is 12.6. The number of nitrogens with zero attached hydrogens (tertiary/aromatic N) is 2. The van der Waals surface area contributed by atoms with Gasteiger partial charge in [0.2, 0.25) is 5.91 Å². The molecule has 2 aromatic carbocycles. The highest BCUT2D eigenvalue weighted by atomic mass is 16.1. The molecule has 22 heavy (non-hydrogen) atoms. The Bertz CT molecular complexity index is 806. The van der Waals surface area contributed by atoms with E-state index in [0.29, 0.717) is 5.82 Å². The highest BCUT2D eigenvalue weighted by Crippen LogP contribution is 2.25. The number of amides is 1. The lowest BCUT2D eigenvalue weighted by Gasteiger charge is -2.09. The van der Waals surface area contributed by atoms with Gasteiger partial charge in [0, 0.05) is 18.6 Å². The van der Waals surface area contributed by atoms with Gasteiger partial charge in [-0.3, -0.25) is 4.79 Å². The van der Waals surface area contributed by atoms with Crippen molar-refractivity contribution >= 4 is 11.7 Å². The summed E-state index contributed by atoms with van der Waals surface area (Å²) in [6.45, 7) is 3.52. The number of benzene rings is 2. The number of rotatable bonds is 3. The van der Waals surface area contributed by atoms with Crippen LogP contribution in [0.2, 0.25) is 0 Å². The Morgan fingerprint density at radius 1 is 1.05 bits per heavy atom. The van der Waals surface area contributed by atoms with E-state index in [1.165, 1.54) is 6.92 Å². The molecule has 1 amide bonds. The van der Waals surface area contributed by atoms with Crippen LogP contribution >= 0.6 is 0 Å². The van der Waals surface area contributed by atoms with Crippen LogP contribution in [-0.2, 0) is 4.79 Å². The number of hydrogen-bond donors (Lipinski definition) is 1. The summed E-state index contributed by atoms with van der Waals surface area (Å²) in [4.78, 5) is 11.5. The fourth-order valence-corrected chi connectivity index (χ4v) is 2.39. The lowest BCUT2D eigenvalue weighted by atomic mass is 10.1. The Kier molecular flexibility index (Phi) is 3.74. The van der Waals surface area contributed by atoms with Crippen molar-refractivity contribution in [1.82, 2.24) is 9.78 Å². The summed E-state index contributed by atoms with van der Waals surface area (Å²) in [6.07, 6.45) is 0. The van der Waals surface area contributed by atoms with Crippen molar-refractivity contribution in [3.8, 4) is 16.9 Å². The van der Waals surface area contributed by atoms with Gasteiger partial charge in [-0.15, -0.1) is 0 Å². The van der Waals surface area contributed by atoms with Gasteiger partial charge in [0.1, 0.15) is 5.82 Å². The van der Waals surface area contributed by atoms with Crippen LogP contribution in [0.3, 0.4) is 0 Å². The van der Waals surface area contributed by atoms with E-state index >= 15 is 0 Å². The van der Waals surface area contributed by atoms with E-state index in [1.54, 1.807) is 4.68 Å². The molecule has 0 aliphatic rings. The molecule has 1 aromatic heterocycles. The minimum absolute atomic E-state index is 0.116. The summed E-state index contributed by atoms with van der Waals surface area (Å²) < 4.78 is 1.78. The van der Waals surface area contributed by atoms with Crippen LogP contribution in [0, 0.1) is 6.92 Å². The molecular weight excluding hydrogens is 274 g/mol. The average molecular weight is 291 g/mol. The molecule has 0 saturated carbocycles. The number of hydrogen-bond acceptors (Lipinski definition) is 2. The second-order valence-electron chi connectivity index (χ2n) is 5.16. The Labute approximate surface area is 129 Å². The predicted molar refractivity (Wildman–Crippen MR) is 88.0 cm³/mol. The van der Waals surface area contributed by atoms with Crippen LogP contribution < -0.4 is 5.32 Å². The molecule has 0 radical (unpaired) electrons. The molecular formula is C18H17N3O. The molecule has 3 rings (SSSR count). The molecule has 1 N–H and O–H groups in total. The van der Waals surface area contributed by atoms with E-state index in [1.807, 2.05) is 67.6 Å². The number of carbonyl (C=O) groups is 1. The lowest BCUT2D eigenvalue weighted by molar-refractivity contribution is -0.114. The molecule has 0 atom stereocenters. The lowest BCUT2D eigenvalue weighted by Crippen LogP contribution is -2.11. The first-order chi connectivity index (χ1) is 10.6. The fraction of sp³-hybridized carbons (Fsp3) is 0.111. The van der Waals surface area contributed by atoms with Gasteiger partial charge < -0.3 is 5.32 Å². The maximum atomic E-state index is 11.5. The SMILES string of the molecule is CC(=O)Nc1cc(-c2ccccc2)nn1-c1ccccc1C. The molecule has 110 valence electrons. The van der Waals surface area contributed by atoms with E-state index in [0.717, 1.165) is 22.5 Å². The molecule has 0 unspecified atom stereocenters.